The maximum atomic E-state index is 12.3. The van der Waals surface area contributed by atoms with Crippen molar-refractivity contribution in [1.29, 1.82) is 0 Å². The molecular formula is C16H31ClO3S. The van der Waals surface area contributed by atoms with Gasteiger partial charge in [-0.15, -0.1) is 0 Å². The molecule has 0 aromatic carbocycles. The molecule has 0 aliphatic rings. The molecule has 0 aromatic heterocycles. The Hall–Kier alpha value is -0.0900. The molecule has 0 aliphatic carbocycles. The van der Waals surface area contributed by atoms with Gasteiger partial charge < -0.3 is 0 Å². The molecule has 21 heavy (non-hydrogen) atoms. The lowest BCUT2D eigenvalue weighted by atomic mass is 10.1. The highest BCUT2D eigenvalue weighted by Crippen LogP contribution is 2.27. The molecule has 0 radical (unpaired) electrons. The van der Waals surface area contributed by atoms with Crippen LogP contribution in [0.5, 0.6) is 0 Å². The molecule has 0 fully saturated rings. The van der Waals surface area contributed by atoms with Crippen LogP contribution in [-0.4, -0.2) is 23.7 Å². The minimum Gasteiger partial charge on any atom is -0.280 e. The number of rotatable bonds is 12. The van der Waals surface area contributed by atoms with E-state index in [-0.39, 0.29) is 0 Å². The molecule has 0 saturated heterocycles. The maximum absolute atomic E-state index is 12.3. The summed E-state index contributed by atoms with van der Waals surface area (Å²) in [7, 11) is -3.52. The third-order valence-electron chi connectivity index (χ3n) is 4.18. The Morgan fingerprint density at radius 3 is 1.86 bits per heavy atom. The topological polar surface area (TPSA) is 51.2 Å². The Labute approximate surface area is 135 Å². The molecule has 0 aromatic rings. The smallest absolute Gasteiger partial charge is 0.242 e. The van der Waals surface area contributed by atoms with E-state index in [1.165, 1.54) is 46.0 Å². The zero-order valence-corrected chi connectivity index (χ0v) is 15.5. The van der Waals surface area contributed by atoms with E-state index in [0.717, 1.165) is 19.3 Å². The third kappa shape index (κ3) is 6.68. The molecule has 0 N–H and O–H groups in total. The highest BCUT2D eigenvalue weighted by atomic mass is 35.5. The summed E-state index contributed by atoms with van der Waals surface area (Å²) in [6, 6.07) is 0. The summed E-state index contributed by atoms with van der Waals surface area (Å²) in [5, 5.41) is -1.32. The van der Waals surface area contributed by atoms with Crippen molar-refractivity contribution in [2.45, 2.75) is 95.5 Å². The first-order chi connectivity index (χ1) is 9.67. The van der Waals surface area contributed by atoms with Crippen LogP contribution in [0.25, 0.3) is 0 Å². The first kappa shape index (κ1) is 20.9. The van der Waals surface area contributed by atoms with Gasteiger partial charge in [0.05, 0.1) is 5.25 Å². The standard InChI is InChI=1S/C16H31ClO3S/c1-5-6-7-8-9-10-11-12-13-14(2)21(19,20)16(3,4)15(17)18/h14H,5-13H2,1-4H3. The average Bonchev–Trinajstić information content (AvgIpc) is 2.40. The highest BCUT2D eigenvalue weighted by Gasteiger charge is 2.43. The van der Waals surface area contributed by atoms with E-state index in [1.54, 1.807) is 6.92 Å². The molecule has 0 bridgehead atoms. The van der Waals surface area contributed by atoms with Gasteiger partial charge in [0, 0.05) is 0 Å². The average molecular weight is 339 g/mol. The molecular weight excluding hydrogens is 308 g/mol. The number of sulfone groups is 1. The van der Waals surface area contributed by atoms with Crippen molar-refractivity contribution >= 4 is 26.7 Å². The fourth-order valence-corrected chi connectivity index (χ4v) is 4.36. The van der Waals surface area contributed by atoms with Crippen molar-refractivity contribution in [3.63, 3.8) is 0 Å². The Morgan fingerprint density at radius 2 is 1.43 bits per heavy atom. The lowest BCUT2D eigenvalue weighted by molar-refractivity contribution is -0.113. The van der Waals surface area contributed by atoms with Gasteiger partial charge in [-0.3, -0.25) is 4.79 Å². The van der Waals surface area contributed by atoms with Gasteiger partial charge in [0.25, 0.3) is 0 Å². The van der Waals surface area contributed by atoms with Crippen LogP contribution in [-0.2, 0) is 14.6 Å². The van der Waals surface area contributed by atoms with Crippen LogP contribution in [0.2, 0.25) is 0 Å². The molecule has 0 amide bonds. The summed E-state index contributed by atoms with van der Waals surface area (Å²) >= 11 is 5.42. The number of unbranched alkanes of at least 4 members (excludes halogenated alkanes) is 7. The van der Waals surface area contributed by atoms with Crippen LogP contribution in [0.4, 0.5) is 0 Å². The minimum atomic E-state index is -3.52. The lowest BCUT2D eigenvalue weighted by Gasteiger charge is -2.24. The number of hydrogen-bond donors (Lipinski definition) is 0. The fourth-order valence-electron chi connectivity index (χ4n) is 2.34. The Morgan fingerprint density at radius 1 is 1.00 bits per heavy atom. The molecule has 0 aliphatic heterocycles. The molecule has 5 heteroatoms. The lowest BCUT2D eigenvalue weighted by Crippen LogP contribution is -2.43. The van der Waals surface area contributed by atoms with Crippen molar-refractivity contribution in [3.05, 3.63) is 0 Å². The Kier molecular flexibility index (Phi) is 9.79. The quantitative estimate of drug-likeness (QED) is 0.377. The molecule has 0 rings (SSSR count). The molecule has 3 nitrogen and oxygen atoms in total. The van der Waals surface area contributed by atoms with Crippen molar-refractivity contribution in [1.82, 2.24) is 0 Å². The van der Waals surface area contributed by atoms with Gasteiger partial charge in [0.1, 0.15) is 4.75 Å². The first-order valence-electron chi connectivity index (χ1n) is 8.11. The Bertz CT molecular complexity index is 402. The highest BCUT2D eigenvalue weighted by molar-refractivity contribution is 7.94. The van der Waals surface area contributed by atoms with Crippen LogP contribution in [0.15, 0.2) is 0 Å². The zero-order valence-electron chi connectivity index (χ0n) is 14.0. The second-order valence-corrected chi connectivity index (χ2v) is 9.66. The molecule has 1 atom stereocenters. The van der Waals surface area contributed by atoms with Crippen LogP contribution in [0.1, 0.15) is 85.5 Å². The molecule has 0 spiro atoms. The summed E-state index contributed by atoms with van der Waals surface area (Å²) in [4.78, 5) is 11.3. The second kappa shape index (κ2) is 9.83. The predicted molar refractivity (Wildman–Crippen MR) is 90.5 cm³/mol. The van der Waals surface area contributed by atoms with E-state index >= 15 is 0 Å². The predicted octanol–water partition coefficient (Wildman–Crippen LogP) is 4.86. The SMILES string of the molecule is CCCCCCCCCCC(C)S(=O)(=O)C(C)(C)C(=O)Cl. The monoisotopic (exact) mass is 338 g/mol. The van der Waals surface area contributed by atoms with Gasteiger partial charge in [-0.25, -0.2) is 8.42 Å². The second-order valence-electron chi connectivity index (χ2n) is 6.40. The van der Waals surface area contributed by atoms with Crippen LogP contribution in [0, 0.1) is 0 Å². The number of hydrogen-bond acceptors (Lipinski definition) is 3. The molecule has 0 heterocycles. The van der Waals surface area contributed by atoms with Crippen molar-refractivity contribution in [2.24, 2.45) is 0 Å². The number of halogens is 1. The van der Waals surface area contributed by atoms with Gasteiger partial charge in [0.2, 0.25) is 5.24 Å². The van der Waals surface area contributed by atoms with Gasteiger partial charge in [0.15, 0.2) is 9.84 Å². The van der Waals surface area contributed by atoms with E-state index in [1.807, 2.05) is 0 Å². The third-order valence-corrected chi connectivity index (χ3v) is 7.67. The van der Waals surface area contributed by atoms with Gasteiger partial charge in [-0.2, -0.15) is 0 Å². The fraction of sp³-hybridized carbons (Fsp3) is 0.938. The Balaban J connectivity index is 4.05. The van der Waals surface area contributed by atoms with Crippen molar-refractivity contribution in [3.8, 4) is 0 Å². The van der Waals surface area contributed by atoms with Crippen LogP contribution >= 0.6 is 11.6 Å². The summed E-state index contributed by atoms with van der Waals surface area (Å²) in [5.74, 6) is 0. The van der Waals surface area contributed by atoms with Gasteiger partial charge >= 0.3 is 0 Å². The number of carbonyl (C=O) groups excluding carboxylic acids is 1. The summed E-state index contributed by atoms with van der Waals surface area (Å²) in [6.07, 6.45) is 10.1. The minimum absolute atomic E-state index is 0.518. The van der Waals surface area contributed by atoms with Gasteiger partial charge in [-0.05, 0) is 38.8 Å². The van der Waals surface area contributed by atoms with E-state index in [0.29, 0.717) is 6.42 Å². The normalized spacial score (nSPS) is 14.1. The largest absolute Gasteiger partial charge is 0.280 e. The summed E-state index contributed by atoms with van der Waals surface area (Å²) in [6.45, 7) is 6.66. The molecule has 0 saturated carbocycles. The zero-order chi connectivity index (χ0) is 16.5. The van der Waals surface area contributed by atoms with E-state index < -0.39 is 25.1 Å². The molecule has 1 unspecified atom stereocenters. The molecule has 126 valence electrons. The van der Waals surface area contributed by atoms with E-state index in [9.17, 15) is 13.2 Å². The van der Waals surface area contributed by atoms with Crippen molar-refractivity contribution in [2.75, 3.05) is 0 Å². The van der Waals surface area contributed by atoms with Crippen LogP contribution in [0.3, 0.4) is 0 Å². The van der Waals surface area contributed by atoms with Gasteiger partial charge in [-0.1, -0.05) is 58.3 Å². The number of carbonyl (C=O) groups is 1. The van der Waals surface area contributed by atoms with E-state index in [4.69, 9.17) is 11.6 Å². The van der Waals surface area contributed by atoms with E-state index in [2.05, 4.69) is 6.92 Å². The maximum Gasteiger partial charge on any atom is 0.242 e. The van der Waals surface area contributed by atoms with Crippen LogP contribution < -0.4 is 0 Å². The van der Waals surface area contributed by atoms with Crippen molar-refractivity contribution < 1.29 is 13.2 Å². The summed E-state index contributed by atoms with van der Waals surface area (Å²) < 4.78 is 23.2. The summed E-state index contributed by atoms with van der Waals surface area (Å²) in [5.41, 5.74) is 0. The first-order valence-corrected chi connectivity index (χ1v) is 10.0.